The van der Waals surface area contributed by atoms with Gasteiger partial charge in [-0.1, -0.05) is 18.7 Å². The molecule has 4 rings (SSSR count). The number of carbonyl (C=O) groups excluding carboxylic acids is 3. The topological polar surface area (TPSA) is 163 Å². The molecule has 196 valence electrons. The zero-order chi connectivity index (χ0) is 26.3. The average molecular weight is 539 g/mol. The Morgan fingerprint density at radius 2 is 2.06 bits per heavy atom. The van der Waals surface area contributed by atoms with E-state index >= 15 is 0 Å². The second kappa shape index (κ2) is 10.4. The van der Waals surface area contributed by atoms with Crippen LogP contribution in [0, 0.1) is 11.8 Å². The Morgan fingerprint density at radius 3 is 2.67 bits per heavy atom. The van der Waals surface area contributed by atoms with Crippen molar-refractivity contribution in [1.82, 2.24) is 40.6 Å². The normalized spacial score (nSPS) is 28.1. The fourth-order valence-corrected chi connectivity index (χ4v) is 7.17. The zero-order valence-electron chi connectivity index (χ0n) is 20.7. The predicted molar refractivity (Wildman–Crippen MR) is 132 cm³/mol. The molecule has 0 spiro atoms. The van der Waals surface area contributed by atoms with Crippen molar-refractivity contribution in [2.45, 2.75) is 48.8 Å². The smallest absolute Gasteiger partial charge is 0.353 e. The number of carboxylic acid groups (broad SMARTS) is 1. The largest absolute Gasteiger partial charge is 0.477 e. The molecule has 0 aliphatic carbocycles. The van der Waals surface area contributed by atoms with Crippen LogP contribution >= 0.6 is 23.5 Å². The van der Waals surface area contributed by atoms with Crippen LogP contribution in [-0.4, -0.2) is 109 Å². The highest BCUT2D eigenvalue weighted by molar-refractivity contribution is 8.03. The average Bonchev–Trinajstić information content (AvgIpc) is 3.50. The Labute approximate surface area is 216 Å². The van der Waals surface area contributed by atoms with E-state index in [1.807, 2.05) is 6.92 Å². The number of hydrogen-bond acceptors (Lipinski definition) is 10. The summed E-state index contributed by atoms with van der Waals surface area (Å²) in [5, 5.41) is 27.6. The molecular formula is C21H30N8O5S2. The summed E-state index contributed by atoms with van der Waals surface area (Å²) in [5.41, 5.74) is 0.0185. The quantitative estimate of drug-likeness (QED) is 0.265. The predicted octanol–water partition coefficient (Wildman–Crippen LogP) is -0.868. The maximum Gasteiger partial charge on any atom is 0.353 e. The summed E-state index contributed by atoms with van der Waals surface area (Å²) in [5.74, 6) is -2.36. The molecule has 1 unspecified atom stereocenters. The molecule has 15 heteroatoms. The molecule has 13 nitrogen and oxygen atoms in total. The minimum atomic E-state index is -1.14. The van der Waals surface area contributed by atoms with Gasteiger partial charge in [0.25, 0.3) is 0 Å². The van der Waals surface area contributed by atoms with E-state index in [1.165, 1.54) is 33.1 Å². The van der Waals surface area contributed by atoms with Crippen molar-refractivity contribution < 1.29 is 24.3 Å². The van der Waals surface area contributed by atoms with Crippen molar-refractivity contribution in [1.29, 1.82) is 0 Å². The highest BCUT2D eigenvalue weighted by Crippen LogP contribution is 2.51. The molecular weight excluding hydrogens is 508 g/mol. The molecule has 36 heavy (non-hydrogen) atoms. The van der Waals surface area contributed by atoms with Gasteiger partial charge in [-0.3, -0.25) is 14.4 Å². The van der Waals surface area contributed by atoms with Crippen LogP contribution in [-0.2, 0) is 26.2 Å². The summed E-state index contributed by atoms with van der Waals surface area (Å²) in [7, 11) is 5.09. The number of aryl methyl sites for hydroxylation is 1. The van der Waals surface area contributed by atoms with Gasteiger partial charge in [-0.05, 0) is 23.8 Å². The summed E-state index contributed by atoms with van der Waals surface area (Å²) >= 11 is 2.62. The molecule has 0 saturated carbocycles. The van der Waals surface area contributed by atoms with Crippen LogP contribution in [0.5, 0.6) is 0 Å². The van der Waals surface area contributed by atoms with Gasteiger partial charge >= 0.3 is 5.97 Å². The molecule has 2 saturated heterocycles. The standard InChI is InChI=1S/C21H30N8O5S2/c1-9-15-14(10(2)23-13(30)8-35-21-24-25-26-28(21)5)19(32)29(15)16(20(33)34)17(9)36-11-6-12(22-7-11)18(31)27(3)4/h9-12,14-15,22H,6-8H2,1-5H3,(H,23,30)(H,33,34)/t9-,10?,11+,12+,14-,15-/m1/s1. The van der Waals surface area contributed by atoms with Crippen LogP contribution in [0.4, 0.5) is 0 Å². The summed E-state index contributed by atoms with van der Waals surface area (Å²) in [6, 6.07) is -1.12. The Kier molecular flexibility index (Phi) is 7.61. The second-order valence-electron chi connectivity index (χ2n) is 9.43. The number of rotatable bonds is 9. The lowest BCUT2D eigenvalue weighted by molar-refractivity contribution is -0.158. The number of thioether (sulfide) groups is 2. The highest BCUT2D eigenvalue weighted by Gasteiger charge is 2.60. The number of carbonyl (C=O) groups is 4. The van der Waals surface area contributed by atoms with Gasteiger partial charge in [-0.15, -0.1) is 16.9 Å². The number of fused-ring (bicyclic) bond motifs is 1. The van der Waals surface area contributed by atoms with Crippen molar-refractivity contribution >= 4 is 47.2 Å². The number of hydrogen-bond donors (Lipinski definition) is 3. The SMILES string of the molecule is CC(NC(=O)CSc1nnnn1C)[C@H]1C(=O)N2C(C(=O)O)=C(S[C@@H]3CN[C@H](C(=O)N(C)C)C3)[C@H](C)[C@H]12. The first kappa shape index (κ1) is 26.4. The van der Waals surface area contributed by atoms with Crippen molar-refractivity contribution in [2.75, 3.05) is 26.4 Å². The summed E-state index contributed by atoms with van der Waals surface area (Å²) < 4.78 is 1.46. The molecule has 2 fully saturated rings. The molecule has 3 aliphatic rings. The molecule has 6 atom stereocenters. The summed E-state index contributed by atoms with van der Waals surface area (Å²) in [6.07, 6.45) is 0.581. The van der Waals surface area contributed by atoms with E-state index in [1.54, 1.807) is 33.0 Å². The number of aromatic nitrogens is 4. The molecule has 1 aromatic heterocycles. The van der Waals surface area contributed by atoms with E-state index in [4.69, 9.17) is 0 Å². The van der Waals surface area contributed by atoms with E-state index < -0.39 is 17.9 Å². The Bertz CT molecular complexity index is 1110. The highest BCUT2D eigenvalue weighted by atomic mass is 32.2. The van der Waals surface area contributed by atoms with Gasteiger partial charge in [-0.25, -0.2) is 9.48 Å². The van der Waals surface area contributed by atoms with Crippen molar-refractivity contribution in [2.24, 2.45) is 18.9 Å². The number of nitrogens with zero attached hydrogens (tertiary/aromatic N) is 6. The van der Waals surface area contributed by atoms with Crippen LogP contribution in [0.1, 0.15) is 20.3 Å². The third-order valence-electron chi connectivity index (χ3n) is 6.76. The van der Waals surface area contributed by atoms with Crippen LogP contribution in [0.3, 0.4) is 0 Å². The van der Waals surface area contributed by atoms with Crippen LogP contribution < -0.4 is 10.6 Å². The maximum atomic E-state index is 13.1. The van der Waals surface area contributed by atoms with Gasteiger partial charge in [0.05, 0.1) is 23.8 Å². The molecule has 0 bridgehead atoms. The second-order valence-corrected chi connectivity index (χ2v) is 11.7. The first-order valence-corrected chi connectivity index (χ1v) is 13.4. The lowest BCUT2D eigenvalue weighted by Crippen LogP contribution is -2.66. The minimum Gasteiger partial charge on any atom is -0.477 e. The number of aliphatic carboxylic acids is 1. The van der Waals surface area contributed by atoms with Gasteiger partial charge < -0.3 is 25.5 Å². The third-order valence-corrected chi connectivity index (χ3v) is 9.28. The number of nitrogens with one attached hydrogen (secondary N) is 2. The van der Waals surface area contributed by atoms with E-state index in [2.05, 4.69) is 26.2 Å². The van der Waals surface area contributed by atoms with Gasteiger partial charge in [-0.2, -0.15) is 0 Å². The van der Waals surface area contributed by atoms with Crippen LogP contribution in [0.15, 0.2) is 15.8 Å². The third kappa shape index (κ3) is 4.83. The first-order valence-electron chi connectivity index (χ1n) is 11.6. The van der Waals surface area contributed by atoms with E-state index in [0.717, 1.165) is 0 Å². The lowest BCUT2D eigenvalue weighted by atomic mass is 9.78. The van der Waals surface area contributed by atoms with Gasteiger partial charge in [0.2, 0.25) is 22.9 Å². The first-order chi connectivity index (χ1) is 17.0. The van der Waals surface area contributed by atoms with Crippen molar-refractivity contribution in [3.63, 3.8) is 0 Å². The van der Waals surface area contributed by atoms with E-state index in [9.17, 15) is 24.3 Å². The molecule has 1 aromatic rings. The number of β-lactam (4-membered cyclic amide) rings is 1. The maximum absolute atomic E-state index is 13.1. The molecule has 0 aromatic carbocycles. The molecule has 0 radical (unpaired) electrons. The lowest BCUT2D eigenvalue weighted by Gasteiger charge is -2.47. The Morgan fingerprint density at radius 1 is 1.33 bits per heavy atom. The zero-order valence-corrected chi connectivity index (χ0v) is 22.3. The number of carboxylic acids is 1. The van der Waals surface area contributed by atoms with Crippen molar-refractivity contribution in [3.05, 3.63) is 10.6 Å². The Balaban J connectivity index is 1.40. The van der Waals surface area contributed by atoms with Gasteiger partial charge in [0, 0.05) is 49.8 Å². The minimum absolute atomic E-state index is 0.0118. The van der Waals surface area contributed by atoms with Gasteiger partial charge in [0.15, 0.2) is 0 Å². The van der Waals surface area contributed by atoms with E-state index in [0.29, 0.717) is 23.0 Å². The van der Waals surface area contributed by atoms with E-state index in [-0.39, 0.29) is 52.4 Å². The molecule has 3 N–H and O–H groups in total. The van der Waals surface area contributed by atoms with Crippen LogP contribution in [0.2, 0.25) is 0 Å². The number of amides is 3. The number of likely N-dealkylation sites (N-methyl/N-ethyl adjacent to an activating group) is 1. The molecule has 4 heterocycles. The van der Waals surface area contributed by atoms with Crippen LogP contribution in [0.25, 0.3) is 0 Å². The molecule has 3 aliphatic heterocycles. The fourth-order valence-electron chi connectivity index (χ4n) is 5.03. The monoisotopic (exact) mass is 538 g/mol. The van der Waals surface area contributed by atoms with Gasteiger partial charge in [0.1, 0.15) is 5.70 Å². The Hall–Kier alpha value is -2.65. The fraction of sp³-hybridized carbons (Fsp3) is 0.667. The number of tetrazole rings is 1. The van der Waals surface area contributed by atoms with Crippen molar-refractivity contribution in [3.8, 4) is 0 Å². The summed E-state index contributed by atoms with van der Waals surface area (Å²) in [4.78, 5) is 53.6. The summed E-state index contributed by atoms with van der Waals surface area (Å²) in [6.45, 7) is 4.26. The molecule has 3 amide bonds.